The van der Waals surface area contributed by atoms with Crippen molar-refractivity contribution in [3.05, 3.63) is 24.3 Å². The van der Waals surface area contributed by atoms with Gasteiger partial charge < -0.3 is 14.3 Å². The van der Waals surface area contributed by atoms with Gasteiger partial charge in [0, 0.05) is 13.0 Å². The Bertz CT molecular complexity index is 1050. The van der Waals surface area contributed by atoms with Crippen LogP contribution in [0.4, 0.5) is 4.79 Å². The number of carbonyl (C=O) groups excluding carboxylic acids is 3. The predicted octanol–water partition coefficient (Wildman–Crippen LogP) is 1.70. The highest BCUT2D eigenvalue weighted by Crippen LogP contribution is 2.39. The Morgan fingerprint density at radius 2 is 1.94 bits per heavy atom. The third kappa shape index (κ3) is 5.64. The standard InChI is InChI=1S/C22H28N2O8S/c1-5-6-13-31-17-7-9-18(10-8-17)33(29,30)22(19(26)23-28)11-12-24(16(14-22)15-25)20(27)32-21(2,3)4/h7-10,15-16,28H,11-14H2,1-4H3,(H,23,26). The van der Waals surface area contributed by atoms with Crippen molar-refractivity contribution in [1.82, 2.24) is 10.4 Å². The average molecular weight is 481 g/mol. The smallest absolute Gasteiger partial charge is 0.410 e. The number of sulfone groups is 1. The molecule has 11 heteroatoms. The van der Waals surface area contributed by atoms with Crippen LogP contribution in [-0.2, 0) is 24.2 Å². The van der Waals surface area contributed by atoms with Crippen molar-refractivity contribution in [3.8, 4) is 17.6 Å². The fraction of sp³-hybridized carbons (Fsp3) is 0.500. The van der Waals surface area contributed by atoms with Crippen LogP contribution in [0.3, 0.4) is 0 Å². The number of nitrogens with one attached hydrogen (secondary N) is 1. The number of amides is 2. The molecule has 0 aliphatic carbocycles. The molecule has 2 N–H and O–H groups in total. The molecular weight excluding hydrogens is 452 g/mol. The van der Waals surface area contributed by atoms with E-state index in [0.29, 0.717) is 12.0 Å². The van der Waals surface area contributed by atoms with Gasteiger partial charge >= 0.3 is 6.09 Å². The third-order valence-corrected chi connectivity index (χ3v) is 7.61. The van der Waals surface area contributed by atoms with Gasteiger partial charge in [0.05, 0.1) is 10.9 Å². The van der Waals surface area contributed by atoms with E-state index in [2.05, 4.69) is 11.8 Å². The third-order valence-electron chi connectivity index (χ3n) is 5.13. The summed E-state index contributed by atoms with van der Waals surface area (Å²) in [6.07, 6.45) is -1.31. The van der Waals surface area contributed by atoms with Gasteiger partial charge in [-0.1, -0.05) is 5.92 Å². The first-order valence-corrected chi connectivity index (χ1v) is 11.7. The molecular formula is C22H28N2O8S. The first kappa shape index (κ1) is 26.2. The maximum Gasteiger partial charge on any atom is 0.410 e. The van der Waals surface area contributed by atoms with Gasteiger partial charge in [-0.05, 0) is 58.4 Å². The fourth-order valence-corrected chi connectivity index (χ4v) is 5.48. The summed E-state index contributed by atoms with van der Waals surface area (Å²) in [5.74, 6) is 4.58. The Morgan fingerprint density at radius 1 is 1.30 bits per heavy atom. The van der Waals surface area contributed by atoms with Gasteiger partial charge in [0.1, 0.15) is 24.2 Å². The molecule has 33 heavy (non-hydrogen) atoms. The van der Waals surface area contributed by atoms with E-state index in [0.717, 1.165) is 4.90 Å². The zero-order chi connectivity index (χ0) is 24.9. The van der Waals surface area contributed by atoms with Crippen LogP contribution < -0.4 is 10.2 Å². The molecule has 10 nitrogen and oxygen atoms in total. The molecule has 0 saturated carbocycles. The van der Waals surface area contributed by atoms with E-state index in [9.17, 15) is 28.0 Å². The Hall–Kier alpha value is -3.10. The second-order valence-electron chi connectivity index (χ2n) is 8.46. The molecule has 1 saturated heterocycles. The average Bonchev–Trinajstić information content (AvgIpc) is 2.77. The number of aldehydes is 1. The van der Waals surface area contributed by atoms with E-state index < -0.39 is 44.6 Å². The maximum atomic E-state index is 13.6. The van der Waals surface area contributed by atoms with Crippen molar-refractivity contribution in [2.24, 2.45) is 0 Å². The van der Waals surface area contributed by atoms with Crippen LogP contribution in [0.25, 0.3) is 0 Å². The fourth-order valence-electron chi connectivity index (χ4n) is 3.49. The number of likely N-dealkylation sites (tertiary alicyclic amines) is 1. The van der Waals surface area contributed by atoms with Gasteiger partial charge in [-0.25, -0.2) is 18.7 Å². The summed E-state index contributed by atoms with van der Waals surface area (Å²) in [5, 5.41) is 9.32. The molecule has 0 spiro atoms. The summed E-state index contributed by atoms with van der Waals surface area (Å²) in [7, 11) is -4.40. The van der Waals surface area contributed by atoms with Crippen LogP contribution >= 0.6 is 0 Å². The van der Waals surface area contributed by atoms with Gasteiger partial charge in [0.2, 0.25) is 0 Å². The molecule has 2 unspecified atom stereocenters. The van der Waals surface area contributed by atoms with Crippen molar-refractivity contribution in [2.75, 3.05) is 13.2 Å². The summed E-state index contributed by atoms with van der Waals surface area (Å²) >= 11 is 0. The van der Waals surface area contributed by atoms with E-state index in [1.807, 2.05) is 0 Å². The molecule has 2 rings (SSSR count). The molecule has 0 radical (unpaired) electrons. The zero-order valence-corrected chi connectivity index (χ0v) is 19.8. The number of hydrogen-bond donors (Lipinski definition) is 2. The van der Waals surface area contributed by atoms with Crippen LogP contribution in [0.5, 0.6) is 5.75 Å². The quantitative estimate of drug-likeness (QED) is 0.271. The minimum Gasteiger partial charge on any atom is -0.481 e. The molecule has 1 aromatic rings. The monoisotopic (exact) mass is 480 g/mol. The highest BCUT2D eigenvalue weighted by atomic mass is 32.2. The highest BCUT2D eigenvalue weighted by Gasteiger charge is 2.56. The van der Waals surface area contributed by atoms with E-state index >= 15 is 0 Å². The second kappa shape index (κ2) is 10.2. The summed E-state index contributed by atoms with van der Waals surface area (Å²) in [6, 6.07) is 4.12. The van der Waals surface area contributed by atoms with E-state index in [1.54, 1.807) is 27.7 Å². The van der Waals surface area contributed by atoms with Crippen molar-refractivity contribution >= 4 is 28.1 Å². The first-order valence-electron chi connectivity index (χ1n) is 10.2. The summed E-state index contributed by atoms with van der Waals surface area (Å²) in [4.78, 5) is 37.9. The van der Waals surface area contributed by atoms with Gasteiger partial charge in [-0.2, -0.15) is 0 Å². The number of benzene rings is 1. The molecule has 1 aliphatic rings. The zero-order valence-electron chi connectivity index (χ0n) is 19.0. The molecule has 0 bridgehead atoms. The van der Waals surface area contributed by atoms with E-state index in [1.165, 1.54) is 29.7 Å². The van der Waals surface area contributed by atoms with Gasteiger partial charge in [0.15, 0.2) is 14.6 Å². The van der Waals surface area contributed by atoms with Crippen LogP contribution in [0.15, 0.2) is 29.2 Å². The number of hydroxylamine groups is 1. The van der Waals surface area contributed by atoms with Gasteiger partial charge in [-0.3, -0.25) is 14.9 Å². The minimum absolute atomic E-state index is 0.126. The van der Waals surface area contributed by atoms with Crippen molar-refractivity contribution in [2.45, 2.75) is 61.8 Å². The highest BCUT2D eigenvalue weighted by molar-refractivity contribution is 7.93. The molecule has 1 aliphatic heterocycles. The topological polar surface area (TPSA) is 139 Å². The SMILES string of the molecule is CC#CCOc1ccc(S(=O)(=O)C2(C(=O)NO)CCN(C(=O)OC(C)(C)C)C(C=O)C2)cc1. The lowest BCUT2D eigenvalue weighted by atomic mass is 9.90. The van der Waals surface area contributed by atoms with Crippen LogP contribution in [0, 0.1) is 11.8 Å². The number of nitrogens with zero attached hydrogens (tertiary/aromatic N) is 1. The van der Waals surface area contributed by atoms with Crippen LogP contribution in [-0.4, -0.2) is 66.4 Å². The lowest BCUT2D eigenvalue weighted by Crippen LogP contribution is -2.62. The lowest BCUT2D eigenvalue weighted by Gasteiger charge is -2.42. The van der Waals surface area contributed by atoms with E-state index in [4.69, 9.17) is 9.47 Å². The molecule has 2 amide bonds. The Balaban J connectivity index is 2.40. The summed E-state index contributed by atoms with van der Waals surface area (Å²) < 4.78 is 35.6. The van der Waals surface area contributed by atoms with Crippen LogP contribution in [0.1, 0.15) is 40.5 Å². The number of rotatable bonds is 6. The Labute approximate surface area is 193 Å². The van der Waals surface area contributed by atoms with Crippen LogP contribution in [0.2, 0.25) is 0 Å². The van der Waals surface area contributed by atoms with E-state index in [-0.39, 0.29) is 24.5 Å². The minimum atomic E-state index is -4.40. The van der Waals surface area contributed by atoms with Gasteiger partial charge in [0.25, 0.3) is 5.91 Å². The molecule has 0 aromatic heterocycles. The van der Waals surface area contributed by atoms with Crippen molar-refractivity contribution in [1.29, 1.82) is 0 Å². The number of piperidine rings is 1. The second-order valence-corrected chi connectivity index (χ2v) is 10.7. The summed E-state index contributed by atoms with van der Waals surface area (Å²) in [5.41, 5.74) is 0.582. The van der Waals surface area contributed by atoms with Gasteiger partial charge in [-0.15, -0.1) is 5.92 Å². The molecule has 1 aromatic carbocycles. The lowest BCUT2D eigenvalue weighted by molar-refractivity contribution is -0.134. The normalized spacial score (nSPS) is 20.8. The molecule has 1 heterocycles. The molecule has 1 fully saturated rings. The van der Waals surface area contributed by atoms with Crippen molar-refractivity contribution < 1.29 is 37.5 Å². The first-order chi connectivity index (χ1) is 15.4. The predicted molar refractivity (Wildman–Crippen MR) is 117 cm³/mol. The number of ether oxygens (including phenoxy) is 2. The summed E-state index contributed by atoms with van der Waals surface area (Å²) in [6.45, 7) is 6.50. The molecule has 180 valence electrons. The number of hydrogen-bond acceptors (Lipinski definition) is 8. The largest absolute Gasteiger partial charge is 0.481 e. The Kier molecular flexibility index (Phi) is 8.11. The maximum absolute atomic E-state index is 13.6. The Morgan fingerprint density at radius 3 is 2.45 bits per heavy atom. The molecule has 2 atom stereocenters. The van der Waals surface area contributed by atoms with Crippen molar-refractivity contribution in [3.63, 3.8) is 0 Å². The number of carbonyl (C=O) groups is 3.